The van der Waals surface area contributed by atoms with E-state index >= 15 is 0 Å². The van der Waals surface area contributed by atoms with Crippen LogP contribution in [0.2, 0.25) is 0 Å². The summed E-state index contributed by atoms with van der Waals surface area (Å²) in [6.07, 6.45) is 5.68. The van der Waals surface area contributed by atoms with E-state index in [9.17, 15) is 0 Å². The van der Waals surface area contributed by atoms with E-state index in [-0.39, 0.29) is 0 Å². The zero-order valence-corrected chi connectivity index (χ0v) is 11.4. The molecule has 2 bridgehead atoms. The molecule has 0 amide bonds. The predicted octanol–water partition coefficient (Wildman–Crippen LogP) is 3.70. The summed E-state index contributed by atoms with van der Waals surface area (Å²) in [5.74, 6) is 3.58. The number of nitrogen functional groups attached to an aromatic ring is 1. The second-order valence-corrected chi connectivity index (χ2v) is 6.25. The smallest absolute Gasteiger partial charge is 0.145 e. The lowest BCUT2D eigenvalue weighted by Gasteiger charge is -2.23. The average Bonchev–Trinajstić information content (AvgIpc) is 2.89. The Kier molecular flexibility index (Phi) is 2.96. The molecule has 1 aromatic rings. The van der Waals surface area contributed by atoms with E-state index < -0.39 is 0 Å². The van der Waals surface area contributed by atoms with Gasteiger partial charge in [0.15, 0.2) is 0 Å². The summed E-state index contributed by atoms with van der Waals surface area (Å²) in [5.41, 5.74) is 9.21. The SMILES string of the molecule is Cc1cc(C)c(OCC2CC3CCC2C3)c(N)c1. The highest BCUT2D eigenvalue weighted by Gasteiger charge is 2.39. The van der Waals surface area contributed by atoms with Crippen LogP contribution in [0.25, 0.3) is 0 Å². The minimum absolute atomic E-state index is 0.767. The third kappa shape index (κ3) is 2.09. The molecule has 0 aliphatic heterocycles. The Morgan fingerprint density at radius 3 is 2.67 bits per heavy atom. The lowest BCUT2D eigenvalue weighted by Crippen LogP contribution is -2.19. The lowest BCUT2D eigenvalue weighted by molar-refractivity contribution is 0.195. The van der Waals surface area contributed by atoms with Gasteiger partial charge in [0.05, 0.1) is 12.3 Å². The van der Waals surface area contributed by atoms with Crippen LogP contribution >= 0.6 is 0 Å². The molecule has 3 atom stereocenters. The fourth-order valence-electron chi connectivity index (χ4n) is 3.96. The summed E-state index contributed by atoms with van der Waals surface area (Å²) < 4.78 is 6.03. The van der Waals surface area contributed by atoms with Crippen LogP contribution in [-0.2, 0) is 0 Å². The first-order chi connectivity index (χ1) is 8.63. The van der Waals surface area contributed by atoms with Gasteiger partial charge in [0.1, 0.15) is 5.75 Å². The van der Waals surface area contributed by atoms with Crippen molar-refractivity contribution < 1.29 is 4.74 Å². The number of rotatable bonds is 3. The third-order valence-electron chi connectivity index (χ3n) is 4.77. The topological polar surface area (TPSA) is 35.2 Å². The van der Waals surface area contributed by atoms with E-state index in [1.54, 1.807) is 0 Å². The zero-order valence-electron chi connectivity index (χ0n) is 11.4. The lowest BCUT2D eigenvalue weighted by atomic mass is 9.89. The van der Waals surface area contributed by atoms with Crippen molar-refractivity contribution in [2.75, 3.05) is 12.3 Å². The van der Waals surface area contributed by atoms with Crippen LogP contribution in [0, 0.1) is 31.6 Å². The largest absolute Gasteiger partial charge is 0.491 e. The van der Waals surface area contributed by atoms with E-state index in [0.29, 0.717) is 0 Å². The van der Waals surface area contributed by atoms with Crippen molar-refractivity contribution in [3.63, 3.8) is 0 Å². The highest BCUT2D eigenvalue weighted by molar-refractivity contribution is 5.58. The van der Waals surface area contributed by atoms with Gasteiger partial charge in [-0.25, -0.2) is 0 Å². The Morgan fingerprint density at radius 1 is 1.22 bits per heavy atom. The number of aryl methyl sites for hydroxylation is 2. The van der Waals surface area contributed by atoms with Crippen LogP contribution in [-0.4, -0.2) is 6.61 Å². The van der Waals surface area contributed by atoms with Crippen molar-refractivity contribution in [3.8, 4) is 5.75 Å². The van der Waals surface area contributed by atoms with Crippen molar-refractivity contribution in [2.45, 2.75) is 39.5 Å². The molecule has 2 N–H and O–H groups in total. The van der Waals surface area contributed by atoms with Crippen LogP contribution in [0.15, 0.2) is 12.1 Å². The van der Waals surface area contributed by atoms with Crippen LogP contribution < -0.4 is 10.5 Å². The second kappa shape index (κ2) is 4.49. The van der Waals surface area contributed by atoms with Gasteiger partial charge in [-0.15, -0.1) is 0 Å². The quantitative estimate of drug-likeness (QED) is 0.824. The Labute approximate surface area is 110 Å². The average molecular weight is 245 g/mol. The van der Waals surface area contributed by atoms with Gasteiger partial charge in [0, 0.05) is 0 Å². The Morgan fingerprint density at radius 2 is 2.06 bits per heavy atom. The normalized spacial score (nSPS) is 29.8. The molecule has 2 fully saturated rings. The number of hydrogen-bond donors (Lipinski definition) is 1. The molecule has 0 spiro atoms. The molecule has 0 radical (unpaired) electrons. The number of anilines is 1. The zero-order chi connectivity index (χ0) is 12.7. The summed E-state index contributed by atoms with van der Waals surface area (Å²) >= 11 is 0. The molecule has 2 aliphatic carbocycles. The molecule has 1 aromatic carbocycles. The first kappa shape index (κ1) is 11.9. The molecule has 2 heteroatoms. The summed E-state index contributed by atoms with van der Waals surface area (Å²) in [5, 5.41) is 0. The highest BCUT2D eigenvalue weighted by Crippen LogP contribution is 2.48. The molecule has 2 aliphatic rings. The fourth-order valence-corrected chi connectivity index (χ4v) is 3.96. The maximum atomic E-state index is 6.06. The Balaban J connectivity index is 1.67. The van der Waals surface area contributed by atoms with Crippen LogP contribution in [0.4, 0.5) is 5.69 Å². The Hall–Kier alpha value is -1.18. The monoisotopic (exact) mass is 245 g/mol. The van der Waals surface area contributed by atoms with E-state index in [4.69, 9.17) is 10.5 Å². The van der Waals surface area contributed by atoms with E-state index in [0.717, 1.165) is 41.4 Å². The number of hydrogen-bond acceptors (Lipinski definition) is 2. The second-order valence-electron chi connectivity index (χ2n) is 6.25. The fraction of sp³-hybridized carbons (Fsp3) is 0.625. The first-order valence-corrected chi connectivity index (χ1v) is 7.13. The van der Waals surface area contributed by atoms with Crippen molar-refractivity contribution in [2.24, 2.45) is 17.8 Å². The molecule has 0 aromatic heterocycles. The minimum atomic E-state index is 0.767. The summed E-state index contributed by atoms with van der Waals surface area (Å²) in [7, 11) is 0. The molecular formula is C16H23NO. The van der Waals surface area contributed by atoms with Crippen LogP contribution in [0.5, 0.6) is 5.75 Å². The number of benzene rings is 1. The molecule has 98 valence electrons. The molecular weight excluding hydrogens is 222 g/mol. The molecule has 2 nitrogen and oxygen atoms in total. The van der Waals surface area contributed by atoms with Crippen molar-refractivity contribution in [3.05, 3.63) is 23.3 Å². The van der Waals surface area contributed by atoms with Gasteiger partial charge < -0.3 is 10.5 Å². The van der Waals surface area contributed by atoms with Crippen LogP contribution in [0.1, 0.15) is 36.8 Å². The third-order valence-corrected chi connectivity index (χ3v) is 4.77. The van der Waals surface area contributed by atoms with Crippen LogP contribution in [0.3, 0.4) is 0 Å². The summed E-state index contributed by atoms with van der Waals surface area (Å²) in [6.45, 7) is 5.01. The molecule has 3 rings (SSSR count). The highest BCUT2D eigenvalue weighted by atomic mass is 16.5. The minimum Gasteiger partial charge on any atom is -0.491 e. The number of ether oxygens (including phenoxy) is 1. The predicted molar refractivity (Wildman–Crippen MR) is 74.8 cm³/mol. The number of nitrogens with two attached hydrogens (primary N) is 1. The maximum absolute atomic E-state index is 6.06. The molecule has 18 heavy (non-hydrogen) atoms. The van der Waals surface area contributed by atoms with Gasteiger partial charge in [-0.1, -0.05) is 12.5 Å². The maximum Gasteiger partial charge on any atom is 0.145 e. The van der Waals surface area contributed by atoms with E-state index in [1.165, 1.54) is 31.2 Å². The number of fused-ring (bicyclic) bond motifs is 2. The first-order valence-electron chi connectivity index (χ1n) is 7.13. The van der Waals surface area contributed by atoms with Gasteiger partial charge in [-0.05, 0) is 68.1 Å². The van der Waals surface area contributed by atoms with Crippen molar-refractivity contribution in [1.82, 2.24) is 0 Å². The summed E-state index contributed by atoms with van der Waals surface area (Å²) in [6, 6.07) is 4.15. The Bertz CT molecular complexity index is 431. The van der Waals surface area contributed by atoms with E-state index in [1.807, 2.05) is 6.07 Å². The molecule has 2 saturated carbocycles. The standard InChI is InChI=1S/C16H23NO/c1-10-5-11(2)16(15(17)6-10)18-9-14-8-12-3-4-13(14)7-12/h5-6,12-14H,3-4,7-9,17H2,1-2H3. The van der Waals surface area contributed by atoms with Gasteiger partial charge in [0.25, 0.3) is 0 Å². The van der Waals surface area contributed by atoms with Gasteiger partial charge in [-0.2, -0.15) is 0 Å². The molecule has 0 saturated heterocycles. The summed E-state index contributed by atoms with van der Waals surface area (Å²) in [4.78, 5) is 0. The molecule has 0 heterocycles. The van der Waals surface area contributed by atoms with Gasteiger partial charge in [-0.3, -0.25) is 0 Å². The van der Waals surface area contributed by atoms with Gasteiger partial charge in [0.2, 0.25) is 0 Å². The van der Waals surface area contributed by atoms with Gasteiger partial charge >= 0.3 is 0 Å². The van der Waals surface area contributed by atoms with E-state index in [2.05, 4.69) is 19.9 Å². The van der Waals surface area contributed by atoms with Crippen molar-refractivity contribution >= 4 is 5.69 Å². The van der Waals surface area contributed by atoms with Crippen molar-refractivity contribution in [1.29, 1.82) is 0 Å². The molecule has 3 unspecified atom stereocenters.